The number of ether oxygens (including phenoxy) is 4. The number of Topliss-reactive ketones (excluding diaryl/α,β-unsaturated/α-hetero) is 1. The predicted octanol–water partition coefficient (Wildman–Crippen LogP) is 5.21. The number of carboxylic acids is 1. The van der Waals surface area contributed by atoms with Crippen LogP contribution in [0.25, 0.3) is 10.9 Å². The van der Waals surface area contributed by atoms with Gasteiger partial charge in [-0.05, 0) is 66.7 Å². The van der Waals surface area contributed by atoms with Crippen molar-refractivity contribution >= 4 is 28.6 Å². The van der Waals surface area contributed by atoms with Gasteiger partial charge in [-0.15, -0.1) is 0 Å². The molecule has 13 heteroatoms. The fourth-order valence-electron chi connectivity index (χ4n) is 4.43. The van der Waals surface area contributed by atoms with Crippen LogP contribution >= 0.6 is 0 Å². The number of aromatic nitrogens is 1. The van der Waals surface area contributed by atoms with Crippen LogP contribution in [0.4, 0.5) is 13.2 Å². The molecule has 0 fully saturated rings. The highest BCUT2D eigenvalue weighted by atomic mass is 19.4. The molecule has 1 aromatic heterocycles. The van der Waals surface area contributed by atoms with Crippen molar-refractivity contribution in [1.82, 2.24) is 4.57 Å². The van der Waals surface area contributed by atoms with Crippen LogP contribution in [-0.4, -0.2) is 66.0 Å². The fraction of sp³-hybridized carbons (Fsp3) is 0.258. The van der Waals surface area contributed by atoms with Gasteiger partial charge in [-0.1, -0.05) is 0 Å². The minimum Gasteiger partial charge on any atom is -0.491 e. The number of hydrogen-bond donors (Lipinski definition) is 2. The Morgan fingerprint density at radius 1 is 0.886 bits per heavy atom. The number of aliphatic hydroxyl groups is 1. The molecule has 0 aliphatic rings. The van der Waals surface area contributed by atoms with Gasteiger partial charge in [-0.25, -0.2) is 4.79 Å². The number of esters is 1. The van der Waals surface area contributed by atoms with Crippen molar-refractivity contribution < 1.29 is 56.7 Å². The number of carbonyl (C=O) groups is 3. The van der Waals surface area contributed by atoms with Gasteiger partial charge < -0.3 is 33.7 Å². The van der Waals surface area contributed by atoms with Gasteiger partial charge in [0, 0.05) is 29.8 Å². The number of halogens is 3. The van der Waals surface area contributed by atoms with Crippen LogP contribution in [0.1, 0.15) is 26.3 Å². The normalized spacial score (nSPS) is 12.9. The average Bonchev–Trinajstić information content (AvgIpc) is 3.35. The second kappa shape index (κ2) is 13.6. The summed E-state index contributed by atoms with van der Waals surface area (Å²) in [6, 6.07) is 15.0. The third-order valence-electron chi connectivity index (χ3n) is 6.61. The number of rotatable bonds is 13. The van der Waals surface area contributed by atoms with E-state index >= 15 is 0 Å². The number of methoxy groups -OCH3 is 2. The Labute approximate surface area is 249 Å². The molecule has 0 bridgehead atoms. The van der Waals surface area contributed by atoms with E-state index in [-0.39, 0.29) is 36.6 Å². The molecule has 0 amide bonds. The number of carboxylic acid groups (broad SMARTS) is 1. The van der Waals surface area contributed by atoms with E-state index in [1.165, 1.54) is 44.7 Å². The van der Waals surface area contributed by atoms with Gasteiger partial charge in [0.15, 0.2) is 5.78 Å². The minimum absolute atomic E-state index is 0.0342. The SMILES string of the molecule is COCC(C(=O)O)C(=O)c1cn(CC(O)COc2ccc(Oc3ccc(C(F)(F)F)cc3)cc2)c2ccc(C(=O)OC)cc12. The van der Waals surface area contributed by atoms with Crippen molar-refractivity contribution in [3.8, 4) is 17.2 Å². The number of aliphatic carboxylic acids is 1. The molecule has 10 nitrogen and oxygen atoms in total. The Bertz CT molecular complexity index is 1630. The maximum Gasteiger partial charge on any atom is 0.416 e. The second-order valence-electron chi connectivity index (χ2n) is 9.69. The third-order valence-corrected chi connectivity index (χ3v) is 6.61. The maximum atomic E-state index is 13.2. The van der Waals surface area contributed by atoms with Crippen LogP contribution in [0.15, 0.2) is 72.9 Å². The molecular weight excluding hydrogens is 587 g/mol. The molecule has 232 valence electrons. The standard InChI is InChI=1S/C31H28F3NO9/c1-41-17-26(29(38)39)28(37)25-15-35(27-12-3-18(13-24(25)27)30(40)42-2)14-20(36)16-43-21-8-10-23(11-9-21)44-22-6-4-19(5-7-22)31(32,33)34/h3-13,15,20,26,36H,14,16-17H2,1-2H3,(H,38,39). The molecule has 2 N–H and O–H groups in total. The first-order chi connectivity index (χ1) is 20.9. The number of carbonyl (C=O) groups excluding carboxylic acids is 2. The van der Waals surface area contributed by atoms with Gasteiger partial charge in [-0.2, -0.15) is 13.2 Å². The lowest BCUT2D eigenvalue weighted by Crippen LogP contribution is -2.28. The van der Waals surface area contributed by atoms with Crippen LogP contribution in [-0.2, 0) is 27.0 Å². The van der Waals surface area contributed by atoms with Crippen LogP contribution in [0, 0.1) is 5.92 Å². The zero-order chi connectivity index (χ0) is 32.0. The molecule has 0 aliphatic carbocycles. The second-order valence-corrected chi connectivity index (χ2v) is 9.69. The number of fused-ring (bicyclic) bond motifs is 1. The summed E-state index contributed by atoms with van der Waals surface area (Å²) in [7, 11) is 2.48. The number of benzene rings is 3. The summed E-state index contributed by atoms with van der Waals surface area (Å²) in [5.41, 5.74) is -0.136. The quantitative estimate of drug-likeness (QED) is 0.118. The Balaban J connectivity index is 1.46. The van der Waals surface area contributed by atoms with Crippen molar-refractivity contribution in [3.05, 3.63) is 89.6 Å². The zero-order valence-corrected chi connectivity index (χ0v) is 23.5. The molecular formula is C31H28F3NO9. The van der Waals surface area contributed by atoms with Crippen molar-refractivity contribution in [2.75, 3.05) is 27.4 Å². The van der Waals surface area contributed by atoms with E-state index in [0.29, 0.717) is 22.4 Å². The highest BCUT2D eigenvalue weighted by Gasteiger charge is 2.31. The lowest BCUT2D eigenvalue weighted by molar-refractivity contribution is -0.141. The van der Waals surface area contributed by atoms with Crippen molar-refractivity contribution in [1.29, 1.82) is 0 Å². The predicted molar refractivity (Wildman–Crippen MR) is 150 cm³/mol. The van der Waals surface area contributed by atoms with Crippen LogP contribution in [0.5, 0.6) is 17.2 Å². The number of ketones is 1. The van der Waals surface area contributed by atoms with Crippen molar-refractivity contribution in [2.24, 2.45) is 5.92 Å². The Morgan fingerprint density at radius 3 is 2.07 bits per heavy atom. The lowest BCUT2D eigenvalue weighted by Gasteiger charge is -2.15. The molecule has 2 atom stereocenters. The van der Waals surface area contributed by atoms with Crippen LogP contribution in [0.3, 0.4) is 0 Å². The van der Waals surface area contributed by atoms with E-state index in [0.717, 1.165) is 12.1 Å². The Morgan fingerprint density at radius 2 is 1.50 bits per heavy atom. The number of nitrogens with zero attached hydrogens (tertiary/aromatic N) is 1. The first-order valence-electron chi connectivity index (χ1n) is 13.1. The number of alkyl halides is 3. The fourth-order valence-corrected chi connectivity index (χ4v) is 4.43. The molecule has 4 aromatic rings. The third kappa shape index (κ3) is 7.54. The summed E-state index contributed by atoms with van der Waals surface area (Å²) >= 11 is 0. The Kier molecular flexibility index (Phi) is 9.91. The van der Waals surface area contributed by atoms with E-state index in [9.17, 15) is 37.8 Å². The summed E-state index contributed by atoms with van der Waals surface area (Å²) in [4.78, 5) is 37.1. The summed E-state index contributed by atoms with van der Waals surface area (Å²) in [5, 5.41) is 20.6. The Hall–Kier alpha value is -4.88. The molecule has 0 saturated heterocycles. The summed E-state index contributed by atoms with van der Waals surface area (Å²) in [5.74, 6) is -3.28. The molecule has 44 heavy (non-hydrogen) atoms. The minimum atomic E-state index is -4.45. The molecule has 4 rings (SSSR count). The van der Waals surface area contributed by atoms with Crippen molar-refractivity contribution in [3.63, 3.8) is 0 Å². The van der Waals surface area contributed by atoms with E-state index in [1.54, 1.807) is 34.9 Å². The molecule has 2 unspecified atom stereocenters. The van der Waals surface area contributed by atoms with Gasteiger partial charge in [0.25, 0.3) is 0 Å². The first-order valence-corrected chi connectivity index (χ1v) is 13.1. The van der Waals surface area contributed by atoms with E-state index in [2.05, 4.69) is 0 Å². The zero-order valence-electron chi connectivity index (χ0n) is 23.5. The van der Waals surface area contributed by atoms with Gasteiger partial charge in [0.05, 0.1) is 31.4 Å². The van der Waals surface area contributed by atoms with Crippen LogP contribution < -0.4 is 9.47 Å². The number of aliphatic hydroxyl groups excluding tert-OH is 1. The number of hydrogen-bond acceptors (Lipinski definition) is 8. The highest BCUT2D eigenvalue weighted by Crippen LogP contribution is 2.32. The van der Waals surface area contributed by atoms with Crippen LogP contribution in [0.2, 0.25) is 0 Å². The molecule has 0 saturated carbocycles. The molecule has 0 spiro atoms. The first kappa shape index (κ1) is 32.0. The summed E-state index contributed by atoms with van der Waals surface area (Å²) < 4.78 is 60.7. The average molecular weight is 616 g/mol. The monoisotopic (exact) mass is 615 g/mol. The van der Waals surface area contributed by atoms with Crippen molar-refractivity contribution in [2.45, 2.75) is 18.8 Å². The lowest BCUT2D eigenvalue weighted by atomic mass is 9.97. The highest BCUT2D eigenvalue weighted by molar-refractivity contribution is 6.15. The van der Waals surface area contributed by atoms with E-state index in [4.69, 9.17) is 18.9 Å². The van der Waals surface area contributed by atoms with E-state index < -0.39 is 41.5 Å². The topological polar surface area (TPSA) is 134 Å². The van der Waals surface area contributed by atoms with E-state index in [1.807, 2.05) is 0 Å². The summed E-state index contributed by atoms with van der Waals surface area (Å²) in [6.45, 7) is -0.565. The summed E-state index contributed by atoms with van der Waals surface area (Å²) in [6.07, 6.45) is -4.11. The maximum absolute atomic E-state index is 13.2. The molecule has 0 radical (unpaired) electrons. The molecule has 1 heterocycles. The van der Waals surface area contributed by atoms with Gasteiger partial charge >= 0.3 is 18.1 Å². The molecule has 0 aliphatic heterocycles. The van der Waals surface area contributed by atoms with Gasteiger partial charge in [0.2, 0.25) is 0 Å². The smallest absolute Gasteiger partial charge is 0.416 e. The van der Waals surface area contributed by atoms with Gasteiger partial charge in [-0.3, -0.25) is 9.59 Å². The van der Waals surface area contributed by atoms with Gasteiger partial charge in [0.1, 0.15) is 35.9 Å². The molecule has 3 aromatic carbocycles. The largest absolute Gasteiger partial charge is 0.491 e.